The van der Waals surface area contributed by atoms with Gasteiger partial charge in [0.25, 0.3) is 0 Å². The molecule has 1 amide bonds. The first-order valence-electron chi connectivity index (χ1n) is 5.52. The van der Waals surface area contributed by atoms with E-state index in [1.807, 2.05) is 0 Å². The maximum Gasteiger partial charge on any atom is 0.411 e. The number of allylic oxidation sites excluding steroid dienone is 1. The van der Waals surface area contributed by atoms with E-state index >= 15 is 0 Å². The Morgan fingerprint density at radius 1 is 1.21 bits per heavy atom. The Bertz CT molecular complexity index is 504. The molecule has 0 heterocycles. The number of hydrogen-bond acceptors (Lipinski definition) is 4. The topological polar surface area (TPSA) is 92.7 Å². The lowest BCUT2D eigenvalue weighted by Crippen LogP contribution is -2.13. The largest absolute Gasteiger partial charge is 0.478 e. The number of benzene rings is 1. The molecule has 0 bridgehead atoms. The van der Waals surface area contributed by atoms with Crippen LogP contribution in [0.25, 0.3) is 0 Å². The van der Waals surface area contributed by atoms with Gasteiger partial charge in [0.15, 0.2) is 5.78 Å². The van der Waals surface area contributed by atoms with Gasteiger partial charge in [0.1, 0.15) is 0 Å². The fourth-order valence-electron chi connectivity index (χ4n) is 1.25. The Labute approximate surface area is 109 Å². The highest BCUT2D eigenvalue weighted by Gasteiger charge is 2.05. The van der Waals surface area contributed by atoms with Crippen molar-refractivity contribution in [3.63, 3.8) is 0 Å². The van der Waals surface area contributed by atoms with Crippen LogP contribution < -0.4 is 5.32 Å². The van der Waals surface area contributed by atoms with Crippen molar-refractivity contribution >= 4 is 23.5 Å². The van der Waals surface area contributed by atoms with E-state index in [1.54, 1.807) is 6.92 Å². The molecule has 0 aliphatic rings. The molecule has 1 aromatic rings. The van der Waals surface area contributed by atoms with Crippen LogP contribution >= 0.6 is 0 Å². The van der Waals surface area contributed by atoms with Crippen molar-refractivity contribution in [1.29, 1.82) is 0 Å². The highest BCUT2D eigenvalue weighted by Crippen LogP contribution is 2.10. The number of ketones is 1. The Morgan fingerprint density at radius 2 is 1.84 bits per heavy atom. The molecule has 1 aromatic carbocycles. The molecule has 1 rings (SSSR count). The molecule has 0 radical (unpaired) electrons. The number of hydrogen-bond donors (Lipinski definition) is 2. The lowest BCUT2D eigenvalue weighted by Gasteiger charge is -2.05. The fraction of sp³-hybridized carbons (Fsp3) is 0.154. The zero-order valence-electron chi connectivity index (χ0n) is 10.3. The van der Waals surface area contributed by atoms with E-state index in [0.29, 0.717) is 11.3 Å². The molecule has 0 aromatic heterocycles. The lowest BCUT2D eigenvalue weighted by atomic mass is 10.1. The third kappa shape index (κ3) is 5.03. The molecule has 0 spiro atoms. The number of amides is 1. The summed E-state index contributed by atoms with van der Waals surface area (Å²) >= 11 is 0. The van der Waals surface area contributed by atoms with Gasteiger partial charge in [-0.1, -0.05) is 0 Å². The third-order valence-corrected chi connectivity index (χ3v) is 2.07. The molecule has 0 fully saturated rings. The second kappa shape index (κ2) is 6.95. The summed E-state index contributed by atoms with van der Waals surface area (Å²) in [6.07, 6.45) is 1.16. The van der Waals surface area contributed by atoms with Crippen LogP contribution in [0.1, 0.15) is 17.3 Å². The first kappa shape index (κ1) is 14.4. The summed E-state index contributed by atoms with van der Waals surface area (Å²) in [5, 5.41) is 10.9. The van der Waals surface area contributed by atoms with Crippen LogP contribution in [0.5, 0.6) is 0 Å². The smallest absolute Gasteiger partial charge is 0.411 e. The normalized spacial score (nSPS) is 10.2. The van der Waals surface area contributed by atoms with Crippen molar-refractivity contribution < 1.29 is 24.2 Å². The van der Waals surface area contributed by atoms with Crippen LogP contribution in [0.4, 0.5) is 10.5 Å². The maximum absolute atomic E-state index is 11.5. The van der Waals surface area contributed by atoms with Crippen molar-refractivity contribution in [2.24, 2.45) is 0 Å². The van der Waals surface area contributed by atoms with Crippen molar-refractivity contribution in [2.45, 2.75) is 6.92 Å². The summed E-state index contributed by atoms with van der Waals surface area (Å²) in [5.41, 5.74) is 0.809. The Hall–Kier alpha value is -2.63. The summed E-state index contributed by atoms with van der Waals surface area (Å²) in [4.78, 5) is 32.9. The summed E-state index contributed by atoms with van der Waals surface area (Å²) in [6.45, 7) is 1.96. The quantitative estimate of drug-likeness (QED) is 0.626. The molecular weight excluding hydrogens is 250 g/mol. The Morgan fingerprint density at radius 3 is 2.37 bits per heavy atom. The van der Waals surface area contributed by atoms with E-state index in [-0.39, 0.29) is 6.61 Å². The number of carbonyl (C=O) groups excluding carboxylic acids is 2. The van der Waals surface area contributed by atoms with Crippen LogP contribution in [0, 0.1) is 0 Å². The van der Waals surface area contributed by atoms with Crippen LogP contribution in [0.3, 0.4) is 0 Å². The molecule has 0 atom stereocenters. The molecule has 100 valence electrons. The van der Waals surface area contributed by atoms with Crippen LogP contribution in [-0.2, 0) is 9.53 Å². The first-order chi connectivity index (χ1) is 9.02. The third-order valence-electron chi connectivity index (χ3n) is 2.07. The Balaban J connectivity index is 2.68. The summed E-state index contributed by atoms with van der Waals surface area (Å²) in [7, 11) is 0. The highest BCUT2D eigenvalue weighted by atomic mass is 16.5. The fourth-order valence-corrected chi connectivity index (χ4v) is 1.25. The number of carboxylic acids is 1. The number of carbonyl (C=O) groups is 3. The molecule has 19 heavy (non-hydrogen) atoms. The van der Waals surface area contributed by atoms with Gasteiger partial charge < -0.3 is 9.84 Å². The van der Waals surface area contributed by atoms with Gasteiger partial charge in [-0.3, -0.25) is 10.1 Å². The zero-order valence-corrected chi connectivity index (χ0v) is 10.3. The summed E-state index contributed by atoms with van der Waals surface area (Å²) in [6, 6.07) is 6.02. The summed E-state index contributed by atoms with van der Waals surface area (Å²) in [5.74, 6) is -1.61. The van der Waals surface area contributed by atoms with E-state index in [0.717, 1.165) is 12.2 Å². The second-order valence-corrected chi connectivity index (χ2v) is 3.46. The number of anilines is 1. The van der Waals surface area contributed by atoms with Gasteiger partial charge in [0.05, 0.1) is 6.61 Å². The molecule has 6 heteroatoms. The number of rotatable bonds is 5. The van der Waals surface area contributed by atoms with E-state index < -0.39 is 17.8 Å². The molecule has 6 nitrogen and oxygen atoms in total. The lowest BCUT2D eigenvalue weighted by molar-refractivity contribution is -0.131. The van der Waals surface area contributed by atoms with Gasteiger partial charge in [0, 0.05) is 17.3 Å². The van der Waals surface area contributed by atoms with Crippen LogP contribution in [-0.4, -0.2) is 29.6 Å². The van der Waals surface area contributed by atoms with E-state index in [2.05, 4.69) is 5.32 Å². The number of carboxylic acid groups (broad SMARTS) is 1. The minimum Gasteiger partial charge on any atom is -0.478 e. The molecule has 2 N–H and O–H groups in total. The van der Waals surface area contributed by atoms with Gasteiger partial charge in [-0.25, -0.2) is 9.59 Å². The summed E-state index contributed by atoms with van der Waals surface area (Å²) < 4.78 is 4.69. The van der Waals surface area contributed by atoms with E-state index in [4.69, 9.17) is 9.84 Å². The average Bonchev–Trinajstić information content (AvgIpc) is 2.37. The van der Waals surface area contributed by atoms with Gasteiger partial charge >= 0.3 is 12.1 Å². The molecular formula is C13H13NO5. The number of nitrogens with one attached hydrogen (secondary N) is 1. The maximum atomic E-state index is 11.5. The molecule has 0 aliphatic carbocycles. The number of aliphatic carboxylic acids is 1. The SMILES string of the molecule is CCOC(=O)Nc1ccc(C(=O)C=CC(=O)O)cc1. The van der Waals surface area contributed by atoms with Crippen molar-refractivity contribution in [1.82, 2.24) is 0 Å². The Kier molecular flexibility index (Phi) is 5.28. The van der Waals surface area contributed by atoms with Crippen molar-refractivity contribution in [2.75, 3.05) is 11.9 Å². The molecule has 0 unspecified atom stereocenters. The highest BCUT2D eigenvalue weighted by molar-refractivity contribution is 6.07. The van der Waals surface area contributed by atoms with E-state index in [1.165, 1.54) is 24.3 Å². The van der Waals surface area contributed by atoms with Gasteiger partial charge in [-0.2, -0.15) is 0 Å². The van der Waals surface area contributed by atoms with Crippen LogP contribution in [0.2, 0.25) is 0 Å². The molecule has 0 saturated heterocycles. The average molecular weight is 263 g/mol. The van der Waals surface area contributed by atoms with Crippen LogP contribution in [0.15, 0.2) is 36.4 Å². The predicted molar refractivity (Wildman–Crippen MR) is 68.2 cm³/mol. The standard InChI is InChI=1S/C13H13NO5/c1-2-19-13(18)14-10-5-3-9(4-6-10)11(15)7-8-12(16)17/h3-8H,2H2,1H3,(H,14,18)(H,16,17). The van der Waals surface area contributed by atoms with E-state index in [9.17, 15) is 14.4 Å². The molecule has 0 saturated carbocycles. The molecule has 0 aliphatic heterocycles. The van der Waals surface area contributed by atoms with Crippen molar-refractivity contribution in [3.05, 3.63) is 42.0 Å². The number of ether oxygens (including phenoxy) is 1. The monoisotopic (exact) mass is 263 g/mol. The minimum atomic E-state index is -1.19. The van der Waals surface area contributed by atoms with Crippen molar-refractivity contribution in [3.8, 4) is 0 Å². The zero-order chi connectivity index (χ0) is 14.3. The second-order valence-electron chi connectivity index (χ2n) is 3.46. The predicted octanol–water partition coefficient (Wildman–Crippen LogP) is 2.08. The van der Waals surface area contributed by atoms with Gasteiger partial charge in [-0.15, -0.1) is 0 Å². The van der Waals surface area contributed by atoms with Gasteiger partial charge in [-0.05, 0) is 37.3 Å². The minimum absolute atomic E-state index is 0.266. The first-order valence-corrected chi connectivity index (χ1v) is 5.52. The van der Waals surface area contributed by atoms with Gasteiger partial charge in [0.2, 0.25) is 0 Å².